The molecule has 64 heavy (non-hydrogen) atoms. The van der Waals surface area contributed by atoms with E-state index in [-0.39, 0.29) is 248 Å². The Morgan fingerprint density at radius 1 is 0.203 bits per heavy atom. The van der Waals surface area contributed by atoms with Crippen LogP contribution in [-0.2, 0) is 36.5 Å². The van der Waals surface area contributed by atoms with E-state index < -0.39 is 177 Å². The van der Waals surface area contributed by atoms with Crippen LogP contribution in [0.4, 0.5) is 0 Å². The number of hydrogen-bond acceptors (Lipinski definition) is 30. The van der Waals surface area contributed by atoms with Gasteiger partial charge in [0, 0.05) is 116 Å². The van der Waals surface area contributed by atoms with Crippen molar-refractivity contribution in [2.24, 2.45) is 0 Å². The molecule has 0 aliphatic carbocycles. The van der Waals surface area contributed by atoms with Crippen molar-refractivity contribution in [3.8, 4) is 0 Å². The molecule has 0 aromatic rings. The number of rotatable bonds is 31. The second kappa shape index (κ2) is 41.9. The zero-order chi connectivity index (χ0) is 44.2. The van der Waals surface area contributed by atoms with E-state index in [4.69, 9.17) is 0 Å². The molecule has 30 nitrogen and oxygen atoms in total. The molecular formula is C18H44N6Na8O24P8. The van der Waals surface area contributed by atoms with Crippen LogP contribution in [0.5, 0.6) is 0 Å². The fraction of sp³-hybridized carbons (Fsp3) is 1.00. The van der Waals surface area contributed by atoms with E-state index >= 15 is 0 Å². The molecule has 0 N–H and O–H groups in total. The minimum Gasteiger partial charge on any atom is -0.810 e. The van der Waals surface area contributed by atoms with Gasteiger partial charge in [-0.25, -0.2) is 0 Å². The van der Waals surface area contributed by atoms with Gasteiger partial charge in [-0.2, -0.15) is 0 Å². The molecule has 0 bridgehead atoms. The molecule has 46 heteroatoms. The molecule has 0 spiro atoms. The second-order valence-electron chi connectivity index (χ2n) is 12.3. The van der Waals surface area contributed by atoms with Crippen molar-refractivity contribution >= 4 is 60.8 Å². The van der Waals surface area contributed by atoms with E-state index in [2.05, 4.69) is 0 Å². The summed E-state index contributed by atoms with van der Waals surface area (Å²) in [6, 6.07) is 0. The molecule has 0 saturated heterocycles. The van der Waals surface area contributed by atoms with Gasteiger partial charge in [-0.05, 0) is 0 Å². The zero-order valence-electron chi connectivity index (χ0n) is 44.8. The summed E-state index contributed by atoms with van der Waals surface area (Å²) >= 11 is 0. The minimum atomic E-state index is -5.52. The maximum Gasteiger partial charge on any atom is 1.00 e. The first kappa shape index (κ1) is 92.4. The van der Waals surface area contributed by atoms with Gasteiger partial charge in [-0.15, -0.1) is 0 Å². The molecule has 0 heterocycles. The molecule has 0 unspecified atom stereocenters. The van der Waals surface area contributed by atoms with Crippen LogP contribution in [0.2, 0.25) is 0 Å². The first-order valence-corrected chi connectivity index (χ1v) is 28.9. The molecule has 0 atom stereocenters. The quantitative estimate of drug-likeness (QED) is 0.0459. The van der Waals surface area contributed by atoms with Crippen LogP contribution < -0.4 is 315 Å². The Balaban J connectivity index is -0.000000126. The SMILES string of the molecule is O=P([O-])([O-])CN(CCN(CCN(CCN(CP(=O)([O-])[O-])CP(=O)([O-])[O-])CP(=O)([O-])[O-])CP(=O)([O-])[O-])CCN(CCN(CP(=O)([O-])[O-])CP(=O)([O-])[O-])CP(=O)([O-])[O-].[H+].[H+].[H+].[H+].[H+].[H+].[H+].[H+].[Na+].[Na+].[Na+].[Na+].[Na+].[Na+].[Na+].[Na+]. The average Bonchev–Trinajstić information content (AvgIpc) is 2.87. The van der Waals surface area contributed by atoms with Crippen molar-refractivity contribution in [1.82, 2.24) is 29.4 Å². The molecular weight excluding hydrogens is 1120 g/mol. The standard InChI is InChI=1S/C18H52N6O24P8.8Na/c25-49(26,27)11-19(3-5-21(13-51(31,32)33)7-9-23(15-53(37,38)39)16-54(40,41)42)1-2-20(12-50(28,29)30)4-6-22(14-52(34,35)36)8-10-24(17-55(43,44)45)18-56(46,47)48;;;;;;;;/h1-18H2,(H2,25,26,27)(H2,28,29,30)(H2,31,32,33)(H2,34,35,36)(H2,37,38,39)(H2,40,41,42)(H2,43,44,45)(H2,46,47,48);;;;;;;;/q;8*+1/p-8. The fourth-order valence-electron chi connectivity index (χ4n) is 4.76. The first-order valence-electron chi connectivity index (χ1n) is 15.1. The molecule has 338 valence electrons. The van der Waals surface area contributed by atoms with Crippen LogP contribution in [0.3, 0.4) is 0 Å². The van der Waals surface area contributed by atoms with Crippen molar-refractivity contribution in [3.05, 3.63) is 0 Å². The molecule has 0 aromatic carbocycles. The summed E-state index contributed by atoms with van der Waals surface area (Å²) in [6.07, 6.45) is -11.6. The van der Waals surface area contributed by atoms with E-state index in [1.807, 2.05) is 0 Å². The molecule has 0 aromatic heterocycles. The van der Waals surface area contributed by atoms with Gasteiger partial charge >= 0.3 is 248 Å². The summed E-state index contributed by atoms with van der Waals surface area (Å²) in [4.78, 5) is 185. The Labute approximate surface area is 559 Å². The van der Waals surface area contributed by atoms with E-state index in [9.17, 15) is 115 Å². The number of hydrogen-bond donors (Lipinski definition) is 0. The van der Waals surface area contributed by atoms with Crippen molar-refractivity contribution in [3.63, 3.8) is 0 Å². The van der Waals surface area contributed by atoms with Gasteiger partial charge in [0.1, 0.15) is 0 Å². The molecule has 0 aliphatic heterocycles. The van der Waals surface area contributed by atoms with Crippen LogP contribution in [0.15, 0.2) is 0 Å². The van der Waals surface area contributed by atoms with Crippen LogP contribution in [0, 0.1) is 0 Å². The van der Waals surface area contributed by atoms with Crippen LogP contribution >= 0.6 is 60.8 Å². The normalized spacial score (nSPS) is 12.9. The van der Waals surface area contributed by atoms with Crippen molar-refractivity contribution in [2.75, 3.05) is 116 Å². The van der Waals surface area contributed by atoms with Gasteiger partial charge < -0.3 is 115 Å². The zero-order valence-corrected chi connectivity index (χ0v) is 59.9. The second-order valence-corrected chi connectivity index (χ2v) is 24.3. The summed E-state index contributed by atoms with van der Waals surface area (Å²) in [7, 11) is -44.1. The third-order valence-electron chi connectivity index (χ3n) is 6.65. The Bertz CT molecular complexity index is 1500. The maximum absolute atomic E-state index is 11.6. The van der Waals surface area contributed by atoms with Crippen LogP contribution in [0.1, 0.15) is 11.4 Å². The van der Waals surface area contributed by atoms with E-state index in [1.165, 1.54) is 0 Å². The third-order valence-corrected chi connectivity index (χ3v) is 12.6. The third kappa shape index (κ3) is 63.5. The van der Waals surface area contributed by atoms with Crippen LogP contribution in [0.25, 0.3) is 0 Å². The Hall–Kier alpha value is 8.96. The van der Waals surface area contributed by atoms with Gasteiger partial charge in [0.05, 0.1) is 0 Å². The molecule has 0 radical (unpaired) electrons. The van der Waals surface area contributed by atoms with Gasteiger partial charge in [-0.1, -0.05) is 60.8 Å². The fourth-order valence-corrected chi connectivity index (χ4v) is 11.1. The van der Waals surface area contributed by atoms with E-state index in [1.54, 1.807) is 0 Å². The maximum atomic E-state index is 11.6. The molecule has 0 amide bonds. The van der Waals surface area contributed by atoms with Crippen molar-refractivity contribution in [1.29, 1.82) is 0 Å². The monoisotopic (exact) mass is 1160 g/mol. The smallest absolute Gasteiger partial charge is 0.810 e. The topological polar surface area (TPSA) is 525 Å². The Morgan fingerprint density at radius 2 is 0.281 bits per heavy atom. The first-order chi connectivity index (χ1) is 24.7. The molecule has 0 aliphatic rings. The summed E-state index contributed by atoms with van der Waals surface area (Å²) in [6.45, 7) is -7.35. The van der Waals surface area contributed by atoms with Crippen molar-refractivity contribution < 1.29 is 363 Å². The van der Waals surface area contributed by atoms with Gasteiger partial charge in [0.2, 0.25) is 0 Å². The number of nitrogens with zero attached hydrogens (tertiary/aromatic N) is 6. The van der Waals surface area contributed by atoms with Gasteiger partial charge in [0.25, 0.3) is 0 Å². The summed E-state index contributed by atoms with van der Waals surface area (Å²) in [5, 5.41) is 0. The Kier molecular flexibility index (Phi) is 60.5. The van der Waals surface area contributed by atoms with Crippen molar-refractivity contribution in [2.45, 2.75) is 0 Å². The molecule has 0 fully saturated rings. The van der Waals surface area contributed by atoms with Crippen LogP contribution in [-0.4, -0.2) is 145 Å². The largest absolute Gasteiger partial charge is 1.00 e. The van der Waals surface area contributed by atoms with E-state index in [0.717, 1.165) is 9.80 Å². The molecule has 0 saturated carbocycles. The summed E-state index contributed by atoms with van der Waals surface area (Å²) in [5.74, 6) is 0. The van der Waals surface area contributed by atoms with E-state index in [0.29, 0.717) is 19.6 Å². The summed E-state index contributed by atoms with van der Waals surface area (Å²) < 4.78 is 91.0. The van der Waals surface area contributed by atoms with Gasteiger partial charge in [-0.3, -0.25) is 29.4 Å². The minimum absolute atomic E-state index is 0. The van der Waals surface area contributed by atoms with Gasteiger partial charge in [0.15, 0.2) is 0 Å². The average molecular weight is 1160 g/mol. The predicted octanol–water partition coefficient (Wildman–Crippen LogP) is -37.3. The predicted molar refractivity (Wildman–Crippen MR) is 168 cm³/mol. The molecule has 0 rings (SSSR count). The summed E-state index contributed by atoms with van der Waals surface area (Å²) in [5.41, 5.74) is 0. The Morgan fingerprint density at radius 3 is 0.375 bits per heavy atom.